The van der Waals surface area contributed by atoms with Gasteiger partial charge in [0.05, 0.1) is 30.9 Å². The van der Waals surface area contributed by atoms with Crippen LogP contribution in [-0.4, -0.2) is 29.0 Å². The van der Waals surface area contributed by atoms with Crippen molar-refractivity contribution in [2.45, 2.75) is 19.4 Å². The number of carbonyl (C=O) groups is 2. The highest BCUT2D eigenvalue weighted by Gasteiger charge is 2.06. The van der Waals surface area contributed by atoms with Gasteiger partial charge in [-0.2, -0.15) is 0 Å². The van der Waals surface area contributed by atoms with Crippen molar-refractivity contribution in [3.63, 3.8) is 0 Å². The summed E-state index contributed by atoms with van der Waals surface area (Å²) in [6, 6.07) is 5.73. The summed E-state index contributed by atoms with van der Waals surface area (Å²) in [5.41, 5.74) is 2.80. The summed E-state index contributed by atoms with van der Waals surface area (Å²) in [7, 11) is 1.31. The molecule has 0 aliphatic rings. The second-order valence-electron chi connectivity index (χ2n) is 4.11. The summed E-state index contributed by atoms with van der Waals surface area (Å²) in [5.74, 6) is -0.552. The standard InChI is InChI=1S/C13H15N3O3/c1-19-13(18)5-4-12(17)14-7-9-2-3-10-11(6-9)16-8-15-10/h2-3,6,8H,4-5,7H2,1H3,(H,14,17)(H,15,16). The molecule has 0 fully saturated rings. The predicted octanol–water partition coefficient (Wildman–Crippen LogP) is 1.13. The lowest BCUT2D eigenvalue weighted by Crippen LogP contribution is -2.23. The van der Waals surface area contributed by atoms with Gasteiger partial charge in [-0.25, -0.2) is 4.98 Å². The van der Waals surface area contributed by atoms with Crippen molar-refractivity contribution in [3.05, 3.63) is 30.1 Å². The number of fused-ring (bicyclic) bond motifs is 1. The van der Waals surface area contributed by atoms with Crippen LogP contribution in [0.15, 0.2) is 24.5 Å². The molecular weight excluding hydrogens is 246 g/mol. The number of aromatic amines is 1. The molecule has 0 saturated carbocycles. The number of nitrogens with one attached hydrogen (secondary N) is 2. The Balaban J connectivity index is 1.84. The normalized spacial score (nSPS) is 10.4. The molecule has 6 heteroatoms. The molecule has 0 spiro atoms. The van der Waals surface area contributed by atoms with Crippen LogP contribution in [0.2, 0.25) is 0 Å². The van der Waals surface area contributed by atoms with Gasteiger partial charge in [-0.3, -0.25) is 9.59 Å². The molecule has 0 aliphatic heterocycles. The first-order valence-electron chi connectivity index (χ1n) is 5.94. The number of hydrogen-bond donors (Lipinski definition) is 2. The number of H-pyrrole nitrogens is 1. The van der Waals surface area contributed by atoms with E-state index in [2.05, 4.69) is 20.0 Å². The van der Waals surface area contributed by atoms with E-state index in [-0.39, 0.29) is 24.7 Å². The second-order valence-corrected chi connectivity index (χ2v) is 4.11. The van der Waals surface area contributed by atoms with Gasteiger partial charge in [-0.05, 0) is 17.7 Å². The third kappa shape index (κ3) is 3.54. The van der Waals surface area contributed by atoms with E-state index in [0.717, 1.165) is 16.6 Å². The van der Waals surface area contributed by atoms with Crippen LogP contribution >= 0.6 is 0 Å². The summed E-state index contributed by atoms with van der Waals surface area (Å²) in [6.07, 6.45) is 1.87. The maximum Gasteiger partial charge on any atom is 0.306 e. The first-order valence-corrected chi connectivity index (χ1v) is 5.94. The number of imidazole rings is 1. The van der Waals surface area contributed by atoms with E-state index in [1.165, 1.54) is 7.11 Å². The van der Waals surface area contributed by atoms with Crippen LogP contribution in [0.1, 0.15) is 18.4 Å². The van der Waals surface area contributed by atoms with Crippen LogP contribution in [0, 0.1) is 0 Å². The first kappa shape index (κ1) is 13.1. The zero-order chi connectivity index (χ0) is 13.7. The van der Waals surface area contributed by atoms with Gasteiger partial charge in [-0.15, -0.1) is 0 Å². The van der Waals surface area contributed by atoms with Crippen molar-refractivity contribution in [1.82, 2.24) is 15.3 Å². The highest BCUT2D eigenvalue weighted by Crippen LogP contribution is 2.11. The maximum absolute atomic E-state index is 11.5. The van der Waals surface area contributed by atoms with Crippen molar-refractivity contribution < 1.29 is 14.3 Å². The molecule has 0 unspecified atom stereocenters. The van der Waals surface area contributed by atoms with Crippen LogP contribution in [0.5, 0.6) is 0 Å². The molecule has 0 radical (unpaired) electrons. The Hall–Kier alpha value is -2.37. The average Bonchev–Trinajstić information content (AvgIpc) is 2.89. The van der Waals surface area contributed by atoms with Crippen molar-refractivity contribution in [3.8, 4) is 0 Å². The van der Waals surface area contributed by atoms with Crippen LogP contribution in [-0.2, 0) is 20.9 Å². The average molecular weight is 261 g/mol. The van der Waals surface area contributed by atoms with Crippen LogP contribution in [0.3, 0.4) is 0 Å². The van der Waals surface area contributed by atoms with Crippen LogP contribution in [0.4, 0.5) is 0 Å². The third-order valence-electron chi connectivity index (χ3n) is 2.76. The maximum atomic E-state index is 11.5. The SMILES string of the molecule is COC(=O)CCC(=O)NCc1ccc2nc[nH]c2c1. The second kappa shape index (κ2) is 5.99. The van der Waals surface area contributed by atoms with Crippen LogP contribution in [0.25, 0.3) is 11.0 Å². The summed E-state index contributed by atoms with van der Waals surface area (Å²) in [5, 5.41) is 2.75. The number of esters is 1. The zero-order valence-corrected chi connectivity index (χ0v) is 10.6. The van der Waals surface area contributed by atoms with Crippen molar-refractivity contribution in [2.75, 3.05) is 7.11 Å². The molecule has 0 atom stereocenters. The van der Waals surface area contributed by atoms with E-state index in [9.17, 15) is 9.59 Å². The summed E-state index contributed by atoms with van der Waals surface area (Å²) >= 11 is 0. The number of carbonyl (C=O) groups excluding carboxylic acids is 2. The molecule has 100 valence electrons. The Morgan fingerprint density at radius 3 is 3.00 bits per heavy atom. The van der Waals surface area contributed by atoms with Crippen LogP contribution < -0.4 is 5.32 Å². The number of amides is 1. The largest absolute Gasteiger partial charge is 0.469 e. The van der Waals surface area contributed by atoms with Crippen molar-refractivity contribution in [1.29, 1.82) is 0 Å². The Morgan fingerprint density at radius 2 is 2.21 bits per heavy atom. The lowest BCUT2D eigenvalue weighted by molar-refractivity contribution is -0.142. The highest BCUT2D eigenvalue weighted by molar-refractivity contribution is 5.81. The Labute approximate surface area is 110 Å². The molecule has 1 amide bonds. The molecule has 0 aliphatic carbocycles. The van der Waals surface area contributed by atoms with Gasteiger partial charge < -0.3 is 15.0 Å². The molecule has 1 aromatic carbocycles. The smallest absolute Gasteiger partial charge is 0.306 e. The van der Waals surface area contributed by atoms with Gasteiger partial charge in [0.1, 0.15) is 0 Å². The number of rotatable bonds is 5. The Kier molecular flexibility index (Phi) is 4.12. The van der Waals surface area contributed by atoms with Gasteiger partial charge in [0, 0.05) is 13.0 Å². The van der Waals surface area contributed by atoms with E-state index in [4.69, 9.17) is 0 Å². The van der Waals surface area contributed by atoms with Gasteiger partial charge in [0.2, 0.25) is 5.91 Å². The molecule has 0 saturated heterocycles. The van der Waals surface area contributed by atoms with E-state index in [0.29, 0.717) is 6.54 Å². The number of ether oxygens (including phenoxy) is 1. The molecule has 2 aromatic rings. The lowest BCUT2D eigenvalue weighted by atomic mass is 10.2. The predicted molar refractivity (Wildman–Crippen MR) is 69.2 cm³/mol. The lowest BCUT2D eigenvalue weighted by Gasteiger charge is -2.05. The molecule has 0 bridgehead atoms. The van der Waals surface area contributed by atoms with Gasteiger partial charge in [0.15, 0.2) is 0 Å². The fourth-order valence-electron chi connectivity index (χ4n) is 1.70. The highest BCUT2D eigenvalue weighted by atomic mass is 16.5. The van der Waals surface area contributed by atoms with Gasteiger partial charge in [-0.1, -0.05) is 6.07 Å². The number of hydrogen-bond acceptors (Lipinski definition) is 4. The number of benzene rings is 1. The minimum atomic E-state index is -0.381. The quantitative estimate of drug-likeness (QED) is 0.790. The number of methoxy groups -OCH3 is 1. The fraction of sp³-hybridized carbons (Fsp3) is 0.308. The number of aromatic nitrogens is 2. The fourth-order valence-corrected chi connectivity index (χ4v) is 1.70. The minimum absolute atomic E-state index is 0.0991. The topological polar surface area (TPSA) is 84.1 Å². The minimum Gasteiger partial charge on any atom is -0.469 e. The van der Waals surface area contributed by atoms with E-state index in [1.54, 1.807) is 6.33 Å². The van der Waals surface area contributed by atoms with Gasteiger partial charge in [0.25, 0.3) is 0 Å². The molecule has 2 rings (SSSR count). The molecule has 1 heterocycles. The molecule has 1 aromatic heterocycles. The molecule has 6 nitrogen and oxygen atoms in total. The van der Waals surface area contributed by atoms with Crippen molar-refractivity contribution >= 4 is 22.9 Å². The van der Waals surface area contributed by atoms with E-state index < -0.39 is 0 Å². The Bertz CT molecular complexity index is 592. The monoisotopic (exact) mass is 261 g/mol. The summed E-state index contributed by atoms with van der Waals surface area (Å²) in [6.45, 7) is 0.426. The Morgan fingerprint density at radius 1 is 1.37 bits per heavy atom. The first-order chi connectivity index (χ1) is 9.19. The summed E-state index contributed by atoms with van der Waals surface area (Å²) < 4.78 is 4.47. The number of nitrogens with zero attached hydrogens (tertiary/aromatic N) is 1. The molecule has 19 heavy (non-hydrogen) atoms. The molecule has 2 N–H and O–H groups in total. The van der Waals surface area contributed by atoms with E-state index >= 15 is 0 Å². The van der Waals surface area contributed by atoms with E-state index in [1.807, 2.05) is 18.2 Å². The zero-order valence-electron chi connectivity index (χ0n) is 10.6. The summed E-state index contributed by atoms with van der Waals surface area (Å²) in [4.78, 5) is 29.5. The van der Waals surface area contributed by atoms with Gasteiger partial charge >= 0.3 is 5.97 Å². The van der Waals surface area contributed by atoms with Crippen molar-refractivity contribution in [2.24, 2.45) is 0 Å². The third-order valence-corrected chi connectivity index (χ3v) is 2.76. The molecular formula is C13H15N3O3.